The van der Waals surface area contributed by atoms with Gasteiger partial charge < -0.3 is 0 Å². The minimum atomic E-state index is 0.939. The second kappa shape index (κ2) is 12.1. The fraction of sp³-hybridized carbons (Fsp3) is 0. The molecule has 0 saturated heterocycles. The Morgan fingerprint density at radius 2 is 0.739 bits per heavy atom. The van der Waals surface area contributed by atoms with E-state index in [-0.39, 0.29) is 0 Å². The first-order valence-corrected chi connectivity index (χ1v) is 15.6. The van der Waals surface area contributed by atoms with Crippen LogP contribution in [-0.4, -0.2) is 9.97 Å². The van der Waals surface area contributed by atoms with Crippen molar-refractivity contribution in [1.29, 1.82) is 0 Å². The van der Waals surface area contributed by atoms with Crippen LogP contribution >= 0.6 is 0 Å². The van der Waals surface area contributed by atoms with Gasteiger partial charge in [0, 0.05) is 22.1 Å². The Labute approximate surface area is 269 Å². The Morgan fingerprint density at radius 1 is 0.261 bits per heavy atom. The van der Waals surface area contributed by atoms with Gasteiger partial charge in [0.25, 0.3) is 0 Å². The molecule has 0 fully saturated rings. The number of benzene rings is 6. The van der Waals surface area contributed by atoms with E-state index < -0.39 is 0 Å². The minimum Gasteiger partial charge on any atom is -0.248 e. The van der Waals surface area contributed by atoms with Crippen LogP contribution in [0.5, 0.6) is 0 Å². The first-order chi connectivity index (χ1) is 22.8. The standard InChI is InChI=1S/C44H30N2/c1-5-14-31(15-6-1)35-24-25-41-40(27-35)39(30-44(45-41)34-20-11-4-12-21-34)36-22-13-23-37(26-36)43-29-38(32-16-7-2-8-17-32)28-42(46-43)33-18-9-3-10-19-33/h1-30H. The molecule has 0 spiro atoms. The van der Waals surface area contributed by atoms with Crippen LogP contribution < -0.4 is 0 Å². The summed E-state index contributed by atoms with van der Waals surface area (Å²) >= 11 is 0. The molecule has 2 heterocycles. The van der Waals surface area contributed by atoms with Gasteiger partial charge in [0.2, 0.25) is 0 Å². The van der Waals surface area contributed by atoms with Crippen molar-refractivity contribution in [2.24, 2.45) is 0 Å². The third-order valence-corrected chi connectivity index (χ3v) is 8.46. The van der Waals surface area contributed by atoms with Crippen molar-refractivity contribution in [3.8, 4) is 67.2 Å². The summed E-state index contributed by atoms with van der Waals surface area (Å²) < 4.78 is 0. The van der Waals surface area contributed by atoms with Gasteiger partial charge in [0.15, 0.2) is 0 Å². The van der Waals surface area contributed by atoms with Crippen LogP contribution in [0.3, 0.4) is 0 Å². The highest BCUT2D eigenvalue weighted by molar-refractivity contribution is 5.99. The molecule has 2 nitrogen and oxygen atoms in total. The zero-order chi connectivity index (χ0) is 30.7. The van der Waals surface area contributed by atoms with E-state index in [9.17, 15) is 0 Å². The molecule has 8 aromatic rings. The topological polar surface area (TPSA) is 25.8 Å². The predicted octanol–water partition coefficient (Wildman–Crippen LogP) is 11.6. The molecule has 0 N–H and O–H groups in total. The quantitative estimate of drug-likeness (QED) is 0.194. The Morgan fingerprint density at radius 3 is 1.35 bits per heavy atom. The van der Waals surface area contributed by atoms with Crippen molar-refractivity contribution in [3.63, 3.8) is 0 Å². The number of hydrogen-bond acceptors (Lipinski definition) is 2. The summed E-state index contributed by atoms with van der Waals surface area (Å²) in [6, 6.07) is 63.9. The summed E-state index contributed by atoms with van der Waals surface area (Å²) in [6.45, 7) is 0. The maximum absolute atomic E-state index is 5.20. The molecular weight excluding hydrogens is 556 g/mol. The first-order valence-electron chi connectivity index (χ1n) is 15.6. The van der Waals surface area contributed by atoms with Gasteiger partial charge in [-0.2, -0.15) is 0 Å². The predicted molar refractivity (Wildman–Crippen MR) is 192 cm³/mol. The lowest BCUT2D eigenvalue weighted by atomic mass is 9.93. The maximum atomic E-state index is 5.20. The van der Waals surface area contributed by atoms with E-state index in [0.717, 1.165) is 61.4 Å². The molecule has 0 aliphatic heterocycles. The molecule has 0 aliphatic carbocycles. The van der Waals surface area contributed by atoms with Crippen LogP contribution in [0.4, 0.5) is 0 Å². The highest BCUT2D eigenvalue weighted by Crippen LogP contribution is 2.37. The zero-order valence-corrected chi connectivity index (χ0v) is 25.2. The van der Waals surface area contributed by atoms with Crippen molar-refractivity contribution >= 4 is 10.9 Å². The van der Waals surface area contributed by atoms with E-state index in [1.807, 2.05) is 12.1 Å². The van der Waals surface area contributed by atoms with E-state index in [1.165, 1.54) is 16.7 Å². The fourth-order valence-electron chi connectivity index (χ4n) is 6.11. The molecule has 0 unspecified atom stereocenters. The highest BCUT2D eigenvalue weighted by atomic mass is 14.7. The molecular formula is C44H30N2. The average Bonchev–Trinajstić information content (AvgIpc) is 3.15. The van der Waals surface area contributed by atoms with Gasteiger partial charge in [-0.1, -0.05) is 146 Å². The van der Waals surface area contributed by atoms with Crippen molar-refractivity contribution in [1.82, 2.24) is 9.97 Å². The number of hydrogen-bond donors (Lipinski definition) is 0. The number of nitrogens with zero attached hydrogens (tertiary/aromatic N) is 2. The lowest BCUT2D eigenvalue weighted by Gasteiger charge is -2.14. The van der Waals surface area contributed by atoms with E-state index in [4.69, 9.17) is 9.97 Å². The molecule has 216 valence electrons. The highest BCUT2D eigenvalue weighted by Gasteiger charge is 2.14. The third-order valence-electron chi connectivity index (χ3n) is 8.46. The van der Waals surface area contributed by atoms with Crippen LogP contribution in [0.25, 0.3) is 78.1 Å². The fourth-order valence-corrected chi connectivity index (χ4v) is 6.11. The van der Waals surface area contributed by atoms with Gasteiger partial charge in [-0.05, 0) is 69.8 Å². The van der Waals surface area contributed by atoms with Crippen LogP contribution in [0.2, 0.25) is 0 Å². The maximum Gasteiger partial charge on any atom is 0.0716 e. The van der Waals surface area contributed by atoms with E-state index in [1.54, 1.807) is 0 Å². The monoisotopic (exact) mass is 586 g/mol. The SMILES string of the molecule is c1ccc(-c2cc(-c3ccccc3)nc(-c3cccc(-c4cc(-c5ccccc5)nc5ccc(-c6ccccc6)cc45)c3)c2)cc1. The van der Waals surface area contributed by atoms with Crippen molar-refractivity contribution in [2.75, 3.05) is 0 Å². The zero-order valence-electron chi connectivity index (χ0n) is 25.2. The van der Waals surface area contributed by atoms with E-state index in [0.29, 0.717) is 0 Å². The van der Waals surface area contributed by atoms with Crippen LogP contribution in [-0.2, 0) is 0 Å². The lowest BCUT2D eigenvalue weighted by Crippen LogP contribution is -1.93. The second-order valence-corrected chi connectivity index (χ2v) is 11.5. The minimum absolute atomic E-state index is 0.939. The van der Waals surface area contributed by atoms with Crippen LogP contribution in [0.15, 0.2) is 182 Å². The van der Waals surface area contributed by atoms with Crippen LogP contribution in [0, 0.1) is 0 Å². The third kappa shape index (κ3) is 5.49. The molecule has 46 heavy (non-hydrogen) atoms. The smallest absolute Gasteiger partial charge is 0.0716 e. The Hall–Kier alpha value is -6.12. The van der Waals surface area contributed by atoms with Crippen LogP contribution in [0.1, 0.15) is 0 Å². The molecule has 0 bridgehead atoms. The molecule has 2 aromatic heterocycles. The van der Waals surface area contributed by atoms with Gasteiger partial charge in [0.1, 0.15) is 0 Å². The summed E-state index contributed by atoms with van der Waals surface area (Å²) in [5.41, 5.74) is 14.0. The van der Waals surface area contributed by atoms with Crippen molar-refractivity contribution in [2.45, 2.75) is 0 Å². The number of fused-ring (bicyclic) bond motifs is 1. The Kier molecular flexibility index (Phi) is 7.22. The summed E-state index contributed by atoms with van der Waals surface area (Å²) in [4.78, 5) is 10.3. The summed E-state index contributed by atoms with van der Waals surface area (Å²) in [7, 11) is 0. The van der Waals surface area contributed by atoms with Crippen molar-refractivity contribution < 1.29 is 0 Å². The number of pyridine rings is 2. The molecule has 6 aromatic carbocycles. The number of aromatic nitrogens is 2. The van der Waals surface area contributed by atoms with Gasteiger partial charge in [-0.15, -0.1) is 0 Å². The molecule has 0 radical (unpaired) electrons. The molecule has 8 rings (SSSR count). The van der Waals surface area contributed by atoms with Gasteiger partial charge >= 0.3 is 0 Å². The average molecular weight is 587 g/mol. The Bertz CT molecular complexity index is 2220. The largest absolute Gasteiger partial charge is 0.248 e. The van der Waals surface area contributed by atoms with Crippen molar-refractivity contribution in [3.05, 3.63) is 182 Å². The van der Waals surface area contributed by atoms with E-state index >= 15 is 0 Å². The summed E-state index contributed by atoms with van der Waals surface area (Å²) in [5, 5.41) is 1.12. The lowest BCUT2D eigenvalue weighted by molar-refractivity contribution is 1.32. The van der Waals surface area contributed by atoms with Gasteiger partial charge in [0.05, 0.1) is 22.6 Å². The first kappa shape index (κ1) is 27.4. The molecule has 0 amide bonds. The molecule has 0 aliphatic rings. The Balaban J connectivity index is 1.32. The second-order valence-electron chi connectivity index (χ2n) is 11.5. The van der Waals surface area contributed by atoms with E-state index in [2.05, 4.69) is 170 Å². The molecule has 2 heteroatoms. The number of rotatable bonds is 6. The molecule has 0 saturated carbocycles. The summed E-state index contributed by atoms with van der Waals surface area (Å²) in [6.07, 6.45) is 0. The molecule has 0 atom stereocenters. The van der Waals surface area contributed by atoms with Gasteiger partial charge in [-0.3, -0.25) is 0 Å². The summed E-state index contributed by atoms with van der Waals surface area (Å²) in [5.74, 6) is 0. The van der Waals surface area contributed by atoms with Gasteiger partial charge in [-0.25, -0.2) is 9.97 Å². The normalized spacial score (nSPS) is 11.0.